The van der Waals surface area contributed by atoms with Gasteiger partial charge in [-0.2, -0.15) is 13.2 Å². The zero-order valence-electron chi connectivity index (χ0n) is 9.78. The molecule has 1 aromatic rings. The van der Waals surface area contributed by atoms with Gasteiger partial charge in [0.15, 0.2) is 5.78 Å². The van der Waals surface area contributed by atoms with Crippen LogP contribution in [0, 0.1) is 5.92 Å². The number of hydrogen-bond donors (Lipinski definition) is 0. The lowest BCUT2D eigenvalue weighted by atomic mass is 9.91. The van der Waals surface area contributed by atoms with Crippen LogP contribution in [0.5, 0.6) is 11.5 Å². The van der Waals surface area contributed by atoms with Gasteiger partial charge in [0.05, 0.1) is 12.7 Å². The molecule has 7 heteroatoms. The lowest BCUT2D eigenvalue weighted by Crippen LogP contribution is -2.41. The number of rotatable bonds is 2. The lowest BCUT2D eigenvalue weighted by molar-refractivity contribution is -0.174. The molecule has 4 nitrogen and oxygen atoms in total. The van der Waals surface area contributed by atoms with Crippen molar-refractivity contribution in [1.82, 2.24) is 0 Å². The van der Waals surface area contributed by atoms with E-state index in [2.05, 4.69) is 0 Å². The van der Waals surface area contributed by atoms with Gasteiger partial charge in [0.2, 0.25) is 0 Å². The highest BCUT2D eigenvalue weighted by atomic mass is 19.4. The van der Waals surface area contributed by atoms with Crippen LogP contribution in [0.2, 0.25) is 0 Å². The van der Waals surface area contributed by atoms with Crippen LogP contribution in [0.1, 0.15) is 10.4 Å². The lowest BCUT2D eigenvalue weighted by Gasteiger charge is -2.24. The quantitative estimate of drug-likeness (QED) is 0.774. The number of Topliss-reactive ketones (excluding diaryl/α,β-unsaturated/α-hetero) is 2. The van der Waals surface area contributed by atoms with Gasteiger partial charge < -0.3 is 9.47 Å². The van der Waals surface area contributed by atoms with Crippen LogP contribution in [-0.2, 0) is 4.79 Å². The van der Waals surface area contributed by atoms with E-state index in [1.54, 1.807) is 0 Å². The minimum absolute atomic E-state index is 0.0757. The van der Waals surface area contributed by atoms with Crippen LogP contribution in [0.4, 0.5) is 13.2 Å². The van der Waals surface area contributed by atoms with Crippen molar-refractivity contribution in [2.75, 3.05) is 13.7 Å². The number of fused-ring (bicyclic) bond motifs is 1. The SMILES string of the molecule is COc1ccc2c(c1)C(=O)C(C(=O)C(F)(F)F)CO2. The third kappa shape index (κ3) is 2.40. The van der Waals surface area contributed by atoms with Crippen molar-refractivity contribution in [2.45, 2.75) is 6.18 Å². The molecule has 1 aromatic carbocycles. The Morgan fingerprint density at radius 1 is 1.42 bits per heavy atom. The number of ether oxygens (including phenoxy) is 2. The van der Waals surface area contributed by atoms with Gasteiger partial charge in [-0.25, -0.2) is 0 Å². The number of methoxy groups -OCH3 is 1. The summed E-state index contributed by atoms with van der Waals surface area (Å²) in [6.45, 7) is -0.601. The predicted molar refractivity (Wildman–Crippen MR) is 57.4 cm³/mol. The van der Waals surface area contributed by atoms with Gasteiger partial charge in [-0.3, -0.25) is 9.59 Å². The Hall–Kier alpha value is -2.05. The second kappa shape index (κ2) is 4.56. The molecule has 1 aliphatic heterocycles. The molecule has 0 amide bonds. The molecule has 0 radical (unpaired) electrons. The molecular weight excluding hydrogens is 265 g/mol. The molecule has 0 fully saturated rings. The maximum Gasteiger partial charge on any atom is 0.450 e. The fourth-order valence-corrected chi connectivity index (χ4v) is 1.78. The summed E-state index contributed by atoms with van der Waals surface area (Å²) in [6, 6.07) is 4.19. The van der Waals surface area contributed by atoms with Crippen LogP contribution in [0.3, 0.4) is 0 Å². The van der Waals surface area contributed by atoms with E-state index >= 15 is 0 Å². The van der Waals surface area contributed by atoms with Crippen molar-refractivity contribution in [3.63, 3.8) is 0 Å². The highest BCUT2D eigenvalue weighted by molar-refractivity contribution is 6.14. The summed E-state index contributed by atoms with van der Waals surface area (Å²) in [6.07, 6.45) is -5.06. The minimum Gasteiger partial charge on any atom is -0.497 e. The maximum atomic E-state index is 12.3. The van der Waals surface area contributed by atoms with Crippen molar-refractivity contribution in [1.29, 1.82) is 0 Å². The van der Waals surface area contributed by atoms with Gasteiger partial charge >= 0.3 is 6.18 Å². The van der Waals surface area contributed by atoms with Crippen molar-refractivity contribution < 1.29 is 32.2 Å². The van der Waals surface area contributed by atoms with Gasteiger partial charge in [0.25, 0.3) is 5.78 Å². The Labute approximate surface area is 106 Å². The van der Waals surface area contributed by atoms with Gasteiger partial charge in [-0.15, -0.1) is 0 Å². The van der Waals surface area contributed by atoms with Crippen LogP contribution in [0.25, 0.3) is 0 Å². The molecule has 102 valence electrons. The topological polar surface area (TPSA) is 52.6 Å². The van der Waals surface area contributed by atoms with Crippen molar-refractivity contribution in [3.05, 3.63) is 23.8 Å². The molecule has 0 aliphatic carbocycles. The average molecular weight is 274 g/mol. The standard InChI is InChI=1S/C12H9F3O4/c1-18-6-2-3-9-7(4-6)10(16)8(5-19-9)11(17)12(13,14)15/h2-4,8H,5H2,1H3. The first-order valence-corrected chi connectivity index (χ1v) is 5.30. The molecule has 0 saturated carbocycles. The van der Waals surface area contributed by atoms with Crippen LogP contribution >= 0.6 is 0 Å². The fourth-order valence-electron chi connectivity index (χ4n) is 1.78. The molecule has 0 saturated heterocycles. The molecule has 1 aliphatic rings. The molecule has 0 spiro atoms. The summed E-state index contributed by atoms with van der Waals surface area (Å²) in [4.78, 5) is 23.1. The zero-order valence-corrected chi connectivity index (χ0v) is 9.78. The summed E-state index contributed by atoms with van der Waals surface area (Å²) in [7, 11) is 1.36. The van der Waals surface area contributed by atoms with E-state index in [1.807, 2.05) is 0 Å². The largest absolute Gasteiger partial charge is 0.497 e. The summed E-state index contributed by atoms with van der Waals surface area (Å²) >= 11 is 0. The molecule has 19 heavy (non-hydrogen) atoms. The zero-order chi connectivity index (χ0) is 14.2. The smallest absolute Gasteiger partial charge is 0.450 e. The molecule has 1 unspecified atom stereocenters. The Morgan fingerprint density at radius 2 is 2.11 bits per heavy atom. The second-order valence-electron chi connectivity index (χ2n) is 3.95. The number of hydrogen-bond acceptors (Lipinski definition) is 4. The predicted octanol–water partition coefficient (Wildman–Crippen LogP) is 2.02. The van der Waals surface area contributed by atoms with Crippen molar-refractivity contribution in [2.24, 2.45) is 5.92 Å². The minimum atomic E-state index is -5.06. The Bertz CT molecular complexity index is 536. The van der Waals surface area contributed by atoms with Gasteiger partial charge in [-0.05, 0) is 18.2 Å². The van der Waals surface area contributed by atoms with Crippen LogP contribution in [-0.4, -0.2) is 31.5 Å². The second-order valence-corrected chi connectivity index (χ2v) is 3.95. The van der Waals surface area contributed by atoms with Crippen LogP contribution < -0.4 is 9.47 Å². The average Bonchev–Trinajstić information content (AvgIpc) is 2.37. The van der Waals surface area contributed by atoms with Gasteiger partial charge in [-0.1, -0.05) is 0 Å². The van der Waals surface area contributed by atoms with E-state index in [0.717, 1.165) is 0 Å². The first-order valence-electron chi connectivity index (χ1n) is 5.30. The molecule has 0 aromatic heterocycles. The normalized spacial score (nSPS) is 18.5. The number of alkyl halides is 3. The Kier molecular flexibility index (Phi) is 3.21. The summed E-state index contributed by atoms with van der Waals surface area (Å²) in [5, 5.41) is 0. The van der Waals surface area contributed by atoms with Crippen molar-refractivity contribution in [3.8, 4) is 11.5 Å². The van der Waals surface area contributed by atoms with E-state index < -0.39 is 30.3 Å². The molecule has 1 atom stereocenters. The summed E-state index contributed by atoms with van der Waals surface area (Å²) in [5.74, 6) is -4.39. The number of halogens is 3. The maximum absolute atomic E-state index is 12.3. The van der Waals surface area contributed by atoms with Crippen LogP contribution in [0.15, 0.2) is 18.2 Å². The first kappa shape index (κ1) is 13.4. The third-order valence-electron chi connectivity index (χ3n) is 2.77. The van der Waals surface area contributed by atoms with E-state index in [-0.39, 0.29) is 11.3 Å². The first-order chi connectivity index (χ1) is 8.84. The number of benzene rings is 1. The molecule has 1 heterocycles. The molecular formula is C12H9F3O4. The molecule has 0 N–H and O–H groups in total. The van der Waals surface area contributed by atoms with Crippen molar-refractivity contribution >= 4 is 11.6 Å². The highest BCUT2D eigenvalue weighted by Crippen LogP contribution is 2.33. The van der Waals surface area contributed by atoms with E-state index in [9.17, 15) is 22.8 Å². The van der Waals surface area contributed by atoms with E-state index in [1.165, 1.54) is 25.3 Å². The number of carbonyl (C=O) groups is 2. The Balaban J connectivity index is 2.36. The van der Waals surface area contributed by atoms with E-state index in [4.69, 9.17) is 9.47 Å². The highest BCUT2D eigenvalue weighted by Gasteiger charge is 2.48. The van der Waals surface area contributed by atoms with Gasteiger partial charge in [0.1, 0.15) is 24.0 Å². The van der Waals surface area contributed by atoms with Gasteiger partial charge in [0, 0.05) is 0 Å². The Morgan fingerprint density at radius 3 is 2.68 bits per heavy atom. The number of ketones is 2. The number of carbonyl (C=O) groups excluding carboxylic acids is 2. The summed E-state index contributed by atoms with van der Waals surface area (Å²) < 4.78 is 46.9. The molecule has 2 rings (SSSR count). The third-order valence-corrected chi connectivity index (χ3v) is 2.77. The monoisotopic (exact) mass is 274 g/mol. The fraction of sp³-hybridized carbons (Fsp3) is 0.333. The summed E-state index contributed by atoms with van der Waals surface area (Å²) in [5.41, 5.74) is -0.0757. The molecule has 0 bridgehead atoms. The van der Waals surface area contributed by atoms with E-state index in [0.29, 0.717) is 5.75 Å².